The predicted molar refractivity (Wildman–Crippen MR) is 44.0 cm³/mol. The first-order valence-electron chi connectivity index (χ1n) is 3.75. The Morgan fingerprint density at radius 3 is 1.83 bits per heavy atom. The van der Waals surface area contributed by atoms with E-state index in [1.165, 1.54) is 12.1 Å². The Morgan fingerprint density at radius 1 is 1.08 bits per heavy atom. The number of alkyl halides is 2. The van der Waals surface area contributed by atoms with Gasteiger partial charge in [-0.3, -0.25) is 0 Å². The highest BCUT2D eigenvalue weighted by Crippen LogP contribution is 2.20. The van der Waals surface area contributed by atoms with Crippen molar-refractivity contribution < 1.29 is 8.78 Å². The van der Waals surface area contributed by atoms with Gasteiger partial charge in [-0.1, -0.05) is 24.3 Å². The van der Waals surface area contributed by atoms with Gasteiger partial charge in [0.05, 0.1) is 0 Å². The molecule has 0 aliphatic carbocycles. The van der Waals surface area contributed by atoms with Gasteiger partial charge < -0.3 is 5.73 Å². The third kappa shape index (κ3) is 2.01. The van der Waals surface area contributed by atoms with Gasteiger partial charge in [0.2, 0.25) is 0 Å². The van der Waals surface area contributed by atoms with Crippen molar-refractivity contribution in [2.24, 2.45) is 5.73 Å². The van der Waals surface area contributed by atoms with Gasteiger partial charge in [-0.15, -0.1) is 0 Å². The van der Waals surface area contributed by atoms with E-state index in [-0.39, 0.29) is 11.6 Å². The van der Waals surface area contributed by atoms with Crippen LogP contribution in [0.5, 0.6) is 0 Å². The average molecular weight is 171 g/mol. The zero-order chi connectivity index (χ0) is 9.14. The molecule has 0 aliphatic rings. The largest absolute Gasteiger partial charge is 0.324 e. The second-order valence-electron chi connectivity index (χ2n) is 2.76. The topological polar surface area (TPSA) is 26.0 Å². The smallest absolute Gasteiger partial charge is 0.263 e. The molecule has 0 unspecified atom stereocenters. The van der Waals surface area contributed by atoms with Gasteiger partial charge in [0.1, 0.15) is 0 Å². The van der Waals surface area contributed by atoms with Crippen LogP contribution in [-0.2, 0) is 0 Å². The molecule has 0 aromatic heterocycles. The Kier molecular flexibility index (Phi) is 2.76. The monoisotopic (exact) mass is 171 g/mol. The Morgan fingerprint density at radius 2 is 1.50 bits per heavy atom. The predicted octanol–water partition coefficient (Wildman–Crippen LogP) is 2.64. The molecule has 0 heterocycles. The number of rotatable bonds is 2. The number of hydrogen-bond acceptors (Lipinski definition) is 1. The summed E-state index contributed by atoms with van der Waals surface area (Å²) in [6.07, 6.45) is -2.40. The van der Waals surface area contributed by atoms with Gasteiger partial charge in [-0.2, -0.15) is 0 Å². The standard InChI is InChI=1S/C9H11F2N/c1-6(12)7-2-4-8(5-3-7)9(10)11/h2-6,9H,12H2,1H3/t6-/m0/s1. The first-order valence-corrected chi connectivity index (χ1v) is 3.75. The highest BCUT2D eigenvalue weighted by atomic mass is 19.3. The number of hydrogen-bond donors (Lipinski definition) is 1. The Hall–Kier alpha value is -0.960. The van der Waals surface area contributed by atoms with E-state index in [2.05, 4.69) is 0 Å². The average Bonchev–Trinajstić information content (AvgIpc) is 2.04. The number of halogens is 2. The molecule has 0 spiro atoms. The second-order valence-corrected chi connectivity index (χ2v) is 2.76. The van der Waals surface area contributed by atoms with Crippen molar-refractivity contribution in [3.63, 3.8) is 0 Å². The van der Waals surface area contributed by atoms with Crippen molar-refractivity contribution in [1.29, 1.82) is 0 Å². The third-order valence-corrected chi connectivity index (χ3v) is 1.71. The summed E-state index contributed by atoms with van der Waals surface area (Å²) in [6, 6.07) is 5.97. The molecule has 12 heavy (non-hydrogen) atoms. The van der Waals surface area contributed by atoms with Crippen LogP contribution in [-0.4, -0.2) is 0 Å². The summed E-state index contributed by atoms with van der Waals surface area (Å²) < 4.78 is 24.1. The van der Waals surface area contributed by atoms with Crippen molar-refractivity contribution >= 4 is 0 Å². The molecule has 1 aromatic carbocycles. The van der Waals surface area contributed by atoms with E-state index in [1.807, 2.05) is 6.92 Å². The molecule has 0 fully saturated rings. The highest BCUT2D eigenvalue weighted by molar-refractivity contribution is 5.24. The Balaban J connectivity index is 2.86. The summed E-state index contributed by atoms with van der Waals surface area (Å²) in [6.45, 7) is 1.82. The van der Waals surface area contributed by atoms with Crippen LogP contribution >= 0.6 is 0 Å². The zero-order valence-corrected chi connectivity index (χ0v) is 6.80. The zero-order valence-electron chi connectivity index (χ0n) is 6.80. The molecule has 1 atom stereocenters. The van der Waals surface area contributed by atoms with Crippen LogP contribution in [0.1, 0.15) is 30.5 Å². The van der Waals surface area contributed by atoms with Crippen LogP contribution in [0.15, 0.2) is 24.3 Å². The molecular weight excluding hydrogens is 160 g/mol. The van der Waals surface area contributed by atoms with Gasteiger partial charge in [-0.25, -0.2) is 8.78 Å². The Labute approximate surface area is 70.2 Å². The van der Waals surface area contributed by atoms with E-state index in [1.54, 1.807) is 12.1 Å². The van der Waals surface area contributed by atoms with Gasteiger partial charge >= 0.3 is 0 Å². The van der Waals surface area contributed by atoms with Gasteiger partial charge in [0.15, 0.2) is 0 Å². The summed E-state index contributed by atoms with van der Waals surface area (Å²) >= 11 is 0. The molecule has 1 aromatic rings. The van der Waals surface area contributed by atoms with E-state index in [4.69, 9.17) is 5.73 Å². The minimum Gasteiger partial charge on any atom is -0.324 e. The highest BCUT2D eigenvalue weighted by Gasteiger charge is 2.06. The lowest BCUT2D eigenvalue weighted by atomic mass is 10.1. The maximum absolute atomic E-state index is 12.1. The molecule has 2 N–H and O–H groups in total. The molecule has 0 saturated carbocycles. The van der Waals surface area contributed by atoms with Gasteiger partial charge in [0, 0.05) is 11.6 Å². The summed E-state index contributed by atoms with van der Waals surface area (Å²) in [5, 5.41) is 0. The molecule has 0 amide bonds. The van der Waals surface area contributed by atoms with Crippen molar-refractivity contribution in [3.05, 3.63) is 35.4 Å². The number of nitrogens with two attached hydrogens (primary N) is 1. The van der Waals surface area contributed by atoms with E-state index < -0.39 is 6.43 Å². The fraction of sp³-hybridized carbons (Fsp3) is 0.333. The van der Waals surface area contributed by atoms with Gasteiger partial charge in [0.25, 0.3) is 6.43 Å². The van der Waals surface area contributed by atoms with Crippen molar-refractivity contribution in [2.75, 3.05) is 0 Å². The van der Waals surface area contributed by atoms with Crippen LogP contribution in [0, 0.1) is 0 Å². The minimum absolute atomic E-state index is 0.0411. The molecule has 1 nitrogen and oxygen atoms in total. The van der Waals surface area contributed by atoms with Crippen LogP contribution in [0.25, 0.3) is 0 Å². The summed E-state index contributed by atoms with van der Waals surface area (Å²) in [7, 11) is 0. The normalized spacial score (nSPS) is 13.4. The van der Waals surface area contributed by atoms with E-state index in [0.717, 1.165) is 5.56 Å². The molecular formula is C9H11F2N. The lowest BCUT2D eigenvalue weighted by molar-refractivity contribution is 0.151. The van der Waals surface area contributed by atoms with Crippen molar-refractivity contribution in [2.45, 2.75) is 19.4 Å². The fourth-order valence-electron chi connectivity index (χ4n) is 0.945. The van der Waals surface area contributed by atoms with Crippen molar-refractivity contribution in [3.8, 4) is 0 Å². The van der Waals surface area contributed by atoms with Crippen LogP contribution in [0.3, 0.4) is 0 Å². The third-order valence-electron chi connectivity index (χ3n) is 1.71. The lowest BCUT2D eigenvalue weighted by Crippen LogP contribution is -2.04. The molecule has 3 heteroatoms. The fourth-order valence-corrected chi connectivity index (χ4v) is 0.945. The molecule has 0 bridgehead atoms. The molecule has 0 saturated heterocycles. The van der Waals surface area contributed by atoms with Gasteiger partial charge in [-0.05, 0) is 12.5 Å². The molecule has 0 radical (unpaired) electrons. The quantitative estimate of drug-likeness (QED) is 0.727. The first-order chi connectivity index (χ1) is 5.61. The summed E-state index contributed by atoms with van der Waals surface area (Å²) in [5.74, 6) is 0. The molecule has 66 valence electrons. The van der Waals surface area contributed by atoms with E-state index in [9.17, 15) is 8.78 Å². The maximum Gasteiger partial charge on any atom is 0.263 e. The second kappa shape index (κ2) is 3.63. The van der Waals surface area contributed by atoms with Crippen LogP contribution in [0.4, 0.5) is 8.78 Å². The Bertz CT molecular complexity index is 214. The van der Waals surface area contributed by atoms with E-state index >= 15 is 0 Å². The molecule has 0 aliphatic heterocycles. The van der Waals surface area contributed by atoms with Crippen LogP contribution in [0.2, 0.25) is 0 Å². The number of benzene rings is 1. The SMILES string of the molecule is C[C@H](N)c1ccc(C(F)F)cc1. The van der Waals surface area contributed by atoms with E-state index in [0.29, 0.717) is 0 Å². The minimum atomic E-state index is -2.40. The first kappa shape index (κ1) is 9.13. The summed E-state index contributed by atoms with van der Waals surface area (Å²) in [5.41, 5.74) is 6.47. The summed E-state index contributed by atoms with van der Waals surface area (Å²) in [4.78, 5) is 0. The lowest BCUT2D eigenvalue weighted by Gasteiger charge is -2.05. The maximum atomic E-state index is 12.1. The molecule has 1 rings (SSSR count). The van der Waals surface area contributed by atoms with Crippen LogP contribution < -0.4 is 5.73 Å². The van der Waals surface area contributed by atoms with Crippen molar-refractivity contribution in [1.82, 2.24) is 0 Å².